The summed E-state index contributed by atoms with van der Waals surface area (Å²) in [5.74, 6) is 0.636. The number of ether oxygens (including phenoxy) is 1. The summed E-state index contributed by atoms with van der Waals surface area (Å²) in [4.78, 5) is 22.6. The Labute approximate surface area is 91.2 Å². The molecule has 0 amide bonds. The van der Waals surface area contributed by atoms with Gasteiger partial charge < -0.3 is 4.74 Å². The van der Waals surface area contributed by atoms with Crippen molar-refractivity contribution >= 4 is 11.8 Å². The summed E-state index contributed by atoms with van der Waals surface area (Å²) >= 11 is 0. The molecule has 0 N–H and O–H groups in total. The van der Waals surface area contributed by atoms with Gasteiger partial charge in [0, 0.05) is 13.3 Å². The molecule has 0 aliphatic heterocycles. The van der Waals surface area contributed by atoms with Gasteiger partial charge >= 0.3 is 5.97 Å². The molecule has 86 valence electrons. The van der Waals surface area contributed by atoms with Crippen LogP contribution in [0.1, 0.15) is 40.5 Å². The van der Waals surface area contributed by atoms with E-state index in [4.69, 9.17) is 4.74 Å². The minimum atomic E-state index is -0.288. The van der Waals surface area contributed by atoms with Gasteiger partial charge in [0.2, 0.25) is 0 Å². The van der Waals surface area contributed by atoms with Crippen molar-refractivity contribution in [3.63, 3.8) is 0 Å². The third-order valence-corrected chi connectivity index (χ3v) is 3.32. The van der Waals surface area contributed by atoms with Crippen molar-refractivity contribution in [1.82, 2.24) is 0 Å². The van der Waals surface area contributed by atoms with E-state index < -0.39 is 0 Å². The molecular formula is C12H20O3. The molecule has 15 heavy (non-hydrogen) atoms. The smallest absolute Gasteiger partial charge is 0.302 e. The van der Waals surface area contributed by atoms with Gasteiger partial charge in [-0.25, -0.2) is 0 Å². The van der Waals surface area contributed by atoms with Crippen LogP contribution in [-0.4, -0.2) is 17.9 Å². The third-order valence-electron chi connectivity index (χ3n) is 3.32. The maximum absolute atomic E-state index is 11.7. The molecule has 0 aromatic rings. The number of ketones is 1. The first-order chi connectivity index (χ1) is 6.91. The highest BCUT2D eigenvalue weighted by molar-refractivity contribution is 5.82. The van der Waals surface area contributed by atoms with E-state index in [9.17, 15) is 9.59 Å². The topological polar surface area (TPSA) is 43.4 Å². The van der Waals surface area contributed by atoms with Gasteiger partial charge in [0.05, 0.1) is 5.92 Å². The molecular weight excluding hydrogens is 192 g/mol. The highest BCUT2D eigenvalue weighted by atomic mass is 16.5. The Morgan fingerprint density at radius 1 is 1.47 bits per heavy atom. The minimum absolute atomic E-state index is 0.135. The van der Waals surface area contributed by atoms with E-state index >= 15 is 0 Å². The first-order valence-electron chi connectivity index (χ1n) is 5.61. The first-order valence-corrected chi connectivity index (χ1v) is 5.61. The zero-order valence-corrected chi connectivity index (χ0v) is 9.95. The monoisotopic (exact) mass is 212 g/mol. The van der Waals surface area contributed by atoms with Crippen molar-refractivity contribution in [3.8, 4) is 0 Å². The largest absolute Gasteiger partial charge is 0.462 e. The Bertz CT molecular complexity index is 258. The summed E-state index contributed by atoms with van der Waals surface area (Å²) in [6, 6.07) is 0. The number of hydrogen-bond acceptors (Lipinski definition) is 3. The van der Waals surface area contributed by atoms with Gasteiger partial charge in [0.25, 0.3) is 0 Å². The van der Waals surface area contributed by atoms with E-state index in [1.165, 1.54) is 6.92 Å². The number of esters is 1. The second kappa shape index (κ2) is 4.77. The number of carbonyl (C=O) groups excluding carboxylic acids is 2. The number of carbonyl (C=O) groups is 2. The molecule has 0 spiro atoms. The summed E-state index contributed by atoms with van der Waals surface area (Å²) in [6.45, 7) is 7.47. The summed E-state index contributed by atoms with van der Waals surface area (Å²) in [5, 5.41) is 0. The van der Waals surface area contributed by atoms with Gasteiger partial charge in [0.1, 0.15) is 11.9 Å². The molecule has 1 aliphatic carbocycles. The van der Waals surface area contributed by atoms with Gasteiger partial charge in [-0.1, -0.05) is 20.8 Å². The summed E-state index contributed by atoms with van der Waals surface area (Å²) in [5.41, 5.74) is 0. The second-order valence-electron chi connectivity index (χ2n) is 4.85. The Morgan fingerprint density at radius 3 is 2.53 bits per heavy atom. The summed E-state index contributed by atoms with van der Waals surface area (Å²) < 4.78 is 5.19. The Morgan fingerprint density at radius 2 is 2.07 bits per heavy atom. The van der Waals surface area contributed by atoms with Crippen LogP contribution in [0.5, 0.6) is 0 Å². The first kappa shape index (κ1) is 12.2. The molecule has 1 fully saturated rings. The van der Waals surface area contributed by atoms with Crippen LogP contribution in [0.15, 0.2) is 0 Å². The summed E-state index contributed by atoms with van der Waals surface area (Å²) in [7, 11) is 0. The lowest BCUT2D eigenvalue weighted by Crippen LogP contribution is -2.39. The minimum Gasteiger partial charge on any atom is -0.462 e. The lowest BCUT2D eigenvalue weighted by molar-refractivity contribution is -0.155. The van der Waals surface area contributed by atoms with Crippen LogP contribution in [0.25, 0.3) is 0 Å². The van der Waals surface area contributed by atoms with Crippen molar-refractivity contribution < 1.29 is 14.3 Å². The molecule has 0 aromatic carbocycles. The molecule has 0 saturated heterocycles. The van der Waals surface area contributed by atoms with Gasteiger partial charge in [0.15, 0.2) is 0 Å². The molecule has 0 radical (unpaired) electrons. The van der Waals surface area contributed by atoms with Crippen molar-refractivity contribution in [2.75, 3.05) is 0 Å². The fourth-order valence-electron chi connectivity index (χ4n) is 2.11. The fraction of sp³-hybridized carbons (Fsp3) is 0.833. The Kier molecular flexibility index (Phi) is 3.89. The number of rotatable bonds is 2. The highest BCUT2D eigenvalue weighted by Crippen LogP contribution is 2.32. The van der Waals surface area contributed by atoms with Crippen LogP contribution in [0.4, 0.5) is 0 Å². The zero-order chi connectivity index (χ0) is 11.6. The van der Waals surface area contributed by atoms with Crippen LogP contribution >= 0.6 is 0 Å². The molecule has 3 atom stereocenters. The normalized spacial score (nSPS) is 31.8. The van der Waals surface area contributed by atoms with Gasteiger partial charge in [-0.3, -0.25) is 9.59 Å². The molecule has 1 aliphatic rings. The fourth-order valence-corrected chi connectivity index (χ4v) is 2.11. The van der Waals surface area contributed by atoms with E-state index in [-0.39, 0.29) is 23.8 Å². The average Bonchev–Trinajstić information content (AvgIpc) is 2.11. The van der Waals surface area contributed by atoms with Crippen molar-refractivity contribution in [2.24, 2.45) is 17.8 Å². The third kappa shape index (κ3) is 3.05. The van der Waals surface area contributed by atoms with E-state index in [1.807, 2.05) is 6.92 Å². The van der Waals surface area contributed by atoms with Crippen molar-refractivity contribution in [3.05, 3.63) is 0 Å². The van der Waals surface area contributed by atoms with Crippen molar-refractivity contribution in [2.45, 2.75) is 46.6 Å². The van der Waals surface area contributed by atoms with E-state index in [0.29, 0.717) is 18.3 Å². The second-order valence-corrected chi connectivity index (χ2v) is 4.85. The Balaban J connectivity index is 2.68. The zero-order valence-electron chi connectivity index (χ0n) is 9.95. The lowest BCUT2D eigenvalue weighted by atomic mass is 9.75. The van der Waals surface area contributed by atoms with Crippen LogP contribution in [0.3, 0.4) is 0 Å². The van der Waals surface area contributed by atoms with Gasteiger partial charge in [-0.05, 0) is 18.3 Å². The molecule has 0 unspecified atom stereocenters. The molecule has 1 saturated carbocycles. The van der Waals surface area contributed by atoms with E-state index in [0.717, 1.165) is 6.42 Å². The van der Waals surface area contributed by atoms with Crippen molar-refractivity contribution in [1.29, 1.82) is 0 Å². The quantitative estimate of drug-likeness (QED) is 0.659. The molecule has 0 heterocycles. The molecule has 3 nitrogen and oxygen atoms in total. The Hall–Kier alpha value is -0.860. The molecule has 0 aromatic heterocycles. The molecule has 3 heteroatoms. The van der Waals surface area contributed by atoms with E-state index in [1.54, 1.807) is 0 Å². The van der Waals surface area contributed by atoms with E-state index in [2.05, 4.69) is 13.8 Å². The maximum Gasteiger partial charge on any atom is 0.302 e. The SMILES string of the molecule is CC(=O)O[C@@H]1C[C@@H](C(C)C)CC(=O)[C@@H]1C. The average molecular weight is 212 g/mol. The highest BCUT2D eigenvalue weighted by Gasteiger charge is 2.36. The number of hydrogen-bond donors (Lipinski definition) is 0. The van der Waals surface area contributed by atoms with Crippen LogP contribution in [0, 0.1) is 17.8 Å². The standard InChI is InChI=1S/C12H20O3/c1-7(2)10-5-11(14)8(3)12(6-10)15-9(4)13/h7-8,10,12H,5-6H2,1-4H3/t8-,10-,12+/m0/s1. The molecule has 0 bridgehead atoms. The van der Waals surface area contributed by atoms with Crippen LogP contribution in [-0.2, 0) is 14.3 Å². The maximum atomic E-state index is 11.7. The summed E-state index contributed by atoms with van der Waals surface area (Å²) in [6.07, 6.45) is 1.25. The van der Waals surface area contributed by atoms with Crippen LogP contribution < -0.4 is 0 Å². The predicted molar refractivity (Wildman–Crippen MR) is 57.3 cm³/mol. The number of Topliss-reactive ketones (excluding diaryl/α,β-unsaturated/α-hetero) is 1. The van der Waals surface area contributed by atoms with Gasteiger partial charge in [-0.15, -0.1) is 0 Å². The predicted octanol–water partition coefficient (Wildman–Crippen LogP) is 2.19. The molecule has 1 rings (SSSR count). The van der Waals surface area contributed by atoms with Gasteiger partial charge in [-0.2, -0.15) is 0 Å². The van der Waals surface area contributed by atoms with Crippen LogP contribution in [0.2, 0.25) is 0 Å². The lowest BCUT2D eigenvalue weighted by Gasteiger charge is -2.34.